The number of carbonyl (C=O) groups is 4. The highest BCUT2D eigenvalue weighted by atomic mass is 16.4. The Bertz CT molecular complexity index is 673. The standard InChI is InChI=1S/C18H19NO5/c1-3-9-18(12(2)20,17(23)24)10-6-11-19-15(21)13-7-4-5-8-14(13)16(19)22/h3-5,7-8H,1,6,9-11H2,2H3,(H,23,24). The highest BCUT2D eigenvalue weighted by Gasteiger charge is 2.42. The number of hydrogen-bond acceptors (Lipinski definition) is 4. The van der Waals surface area contributed by atoms with E-state index in [9.17, 15) is 24.3 Å². The third-order valence-electron chi connectivity index (χ3n) is 4.44. The van der Waals surface area contributed by atoms with Crippen LogP contribution in [0.25, 0.3) is 0 Å². The number of amides is 2. The Balaban J connectivity index is 2.10. The van der Waals surface area contributed by atoms with Crippen LogP contribution in [0.15, 0.2) is 36.9 Å². The summed E-state index contributed by atoms with van der Waals surface area (Å²) in [6.07, 6.45) is 1.68. The number of aliphatic carboxylic acids is 1. The molecule has 0 radical (unpaired) electrons. The number of benzene rings is 1. The van der Waals surface area contributed by atoms with Gasteiger partial charge in [0.25, 0.3) is 11.8 Å². The summed E-state index contributed by atoms with van der Waals surface area (Å²) < 4.78 is 0. The Kier molecular flexibility index (Phi) is 4.97. The molecule has 1 unspecified atom stereocenters. The number of fused-ring (bicyclic) bond motifs is 1. The monoisotopic (exact) mass is 329 g/mol. The van der Waals surface area contributed by atoms with Gasteiger partial charge in [0.05, 0.1) is 11.1 Å². The first-order chi connectivity index (χ1) is 11.3. The number of ketones is 1. The minimum Gasteiger partial charge on any atom is -0.480 e. The van der Waals surface area contributed by atoms with Gasteiger partial charge in [-0.05, 0) is 38.3 Å². The molecule has 0 spiro atoms. The van der Waals surface area contributed by atoms with E-state index in [2.05, 4.69) is 6.58 Å². The normalized spacial score (nSPS) is 15.8. The Morgan fingerprint density at radius 2 is 1.75 bits per heavy atom. The summed E-state index contributed by atoms with van der Waals surface area (Å²) in [7, 11) is 0. The molecule has 0 aromatic heterocycles. The van der Waals surface area contributed by atoms with Crippen molar-refractivity contribution in [3.05, 3.63) is 48.0 Å². The smallest absolute Gasteiger partial charge is 0.317 e. The average molecular weight is 329 g/mol. The van der Waals surface area contributed by atoms with Crippen LogP contribution in [0.2, 0.25) is 0 Å². The van der Waals surface area contributed by atoms with Crippen molar-refractivity contribution in [3.63, 3.8) is 0 Å². The molecule has 1 N–H and O–H groups in total. The molecular formula is C18H19NO5. The zero-order chi connectivity index (χ0) is 17.9. The molecule has 0 bridgehead atoms. The number of carboxylic acids is 1. The predicted molar refractivity (Wildman–Crippen MR) is 86.6 cm³/mol. The van der Waals surface area contributed by atoms with Crippen LogP contribution in [0.3, 0.4) is 0 Å². The molecule has 0 saturated carbocycles. The number of carboxylic acid groups (broad SMARTS) is 1. The molecule has 1 aromatic carbocycles. The van der Waals surface area contributed by atoms with Crippen molar-refractivity contribution < 1.29 is 24.3 Å². The Morgan fingerprint density at radius 3 is 2.17 bits per heavy atom. The molecule has 126 valence electrons. The molecular weight excluding hydrogens is 310 g/mol. The number of carbonyl (C=O) groups excluding carboxylic acids is 3. The molecule has 6 heteroatoms. The zero-order valence-electron chi connectivity index (χ0n) is 13.4. The molecule has 0 aliphatic carbocycles. The van der Waals surface area contributed by atoms with Gasteiger partial charge in [0.2, 0.25) is 0 Å². The summed E-state index contributed by atoms with van der Waals surface area (Å²) >= 11 is 0. The highest BCUT2D eigenvalue weighted by molar-refractivity contribution is 6.21. The molecule has 1 aromatic rings. The third-order valence-corrected chi connectivity index (χ3v) is 4.44. The average Bonchev–Trinajstić information content (AvgIpc) is 2.78. The van der Waals surface area contributed by atoms with Crippen molar-refractivity contribution in [2.45, 2.75) is 26.2 Å². The SMILES string of the molecule is C=CCC(CCCN1C(=O)c2ccccc2C1=O)(C(C)=O)C(=O)O. The van der Waals surface area contributed by atoms with Crippen LogP contribution in [0.1, 0.15) is 46.9 Å². The largest absolute Gasteiger partial charge is 0.480 e. The van der Waals surface area contributed by atoms with E-state index in [0.717, 1.165) is 4.90 Å². The van der Waals surface area contributed by atoms with Crippen molar-refractivity contribution in [1.82, 2.24) is 4.90 Å². The molecule has 1 heterocycles. The van der Waals surface area contributed by atoms with E-state index >= 15 is 0 Å². The maximum absolute atomic E-state index is 12.3. The third kappa shape index (κ3) is 2.87. The van der Waals surface area contributed by atoms with E-state index in [1.54, 1.807) is 24.3 Å². The lowest BCUT2D eigenvalue weighted by atomic mass is 9.76. The fourth-order valence-electron chi connectivity index (χ4n) is 2.99. The van der Waals surface area contributed by atoms with Gasteiger partial charge in [-0.25, -0.2) is 0 Å². The molecule has 1 aliphatic rings. The lowest BCUT2D eigenvalue weighted by Crippen LogP contribution is -2.39. The first-order valence-corrected chi connectivity index (χ1v) is 7.65. The number of nitrogens with zero attached hydrogens (tertiary/aromatic N) is 1. The van der Waals surface area contributed by atoms with Gasteiger partial charge >= 0.3 is 5.97 Å². The summed E-state index contributed by atoms with van der Waals surface area (Å²) in [5, 5.41) is 9.45. The van der Waals surface area contributed by atoms with Crippen LogP contribution in [-0.4, -0.2) is 40.1 Å². The molecule has 1 atom stereocenters. The van der Waals surface area contributed by atoms with Crippen molar-refractivity contribution in [2.75, 3.05) is 6.54 Å². The molecule has 0 saturated heterocycles. The van der Waals surface area contributed by atoms with Crippen LogP contribution in [0, 0.1) is 5.41 Å². The predicted octanol–water partition coefficient (Wildman–Crippen LogP) is 2.30. The molecule has 2 rings (SSSR count). The fraction of sp³-hybridized carbons (Fsp3) is 0.333. The van der Waals surface area contributed by atoms with E-state index in [-0.39, 0.29) is 37.6 Å². The number of allylic oxidation sites excluding steroid dienone is 1. The Morgan fingerprint density at radius 1 is 1.21 bits per heavy atom. The van der Waals surface area contributed by atoms with Crippen molar-refractivity contribution in [2.24, 2.45) is 5.41 Å². The number of rotatable bonds is 8. The Labute approximate surface area is 139 Å². The maximum Gasteiger partial charge on any atom is 0.317 e. The molecule has 1 aliphatic heterocycles. The van der Waals surface area contributed by atoms with Gasteiger partial charge in [-0.3, -0.25) is 24.1 Å². The number of imide groups is 1. The quantitative estimate of drug-likeness (QED) is 0.449. The van der Waals surface area contributed by atoms with Gasteiger partial charge in [-0.1, -0.05) is 18.2 Å². The second-order valence-corrected chi connectivity index (χ2v) is 5.85. The molecule has 2 amide bonds. The van der Waals surface area contributed by atoms with Gasteiger partial charge in [0, 0.05) is 6.54 Å². The van der Waals surface area contributed by atoms with Crippen LogP contribution >= 0.6 is 0 Å². The minimum absolute atomic E-state index is 0.0137. The van der Waals surface area contributed by atoms with Gasteiger partial charge in [-0.15, -0.1) is 6.58 Å². The molecule has 6 nitrogen and oxygen atoms in total. The Hall–Kier alpha value is -2.76. The summed E-state index contributed by atoms with van der Waals surface area (Å²) in [4.78, 5) is 49.1. The van der Waals surface area contributed by atoms with Crippen LogP contribution in [0.5, 0.6) is 0 Å². The summed E-state index contributed by atoms with van der Waals surface area (Å²) in [5.41, 5.74) is -0.852. The van der Waals surface area contributed by atoms with Gasteiger partial charge in [0.1, 0.15) is 11.2 Å². The second kappa shape index (κ2) is 6.78. The van der Waals surface area contributed by atoms with Crippen molar-refractivity contribution >= 4 is 23.6 Å². The van der Waals surface area contributed by atoms with E-state index in [1.807, 2.05) is 0 Å². The first kappa shape index (κ1) is 17.6. The summed E-state index contributed by atoms with van der Waals surface area (Å²) in [6, 6.07) is 6.54. The molecule has 24 heavy (non-hydrogen) atoms. The molecule has 0 fully saturated rings. The first-order valence-electron chi connectivity index (χ1n) is 7.65. The van der Waals surface area contributed by atoms with Crippen molar-refractivity contribution in [3.8, 4) is 0 Å². The van der Waals surface area contributed by atoms with E-state index in [1.165, 1.54) is 13.0 Å². The fourth-order valence-corrected chi connectivity index (χ4v) is 2.99. The minimum atomic E-state index is -1.56. The number of Topliss-reactive ketones (excluding diaryl/α,β-unsaturated/α-hetero) is 1. The van der Waals surface area contributed by atoms with Crippen LogP contribution in [-0.2, 0) is 9.59 Å². The van der Waals surface area contributed by atoms with Gasteiger partial charge < -0.3 is 5.11 Å². The van der Waals surface area contributed by atoms with E-state index in [4.69, 9.17) is 0 Å². The lowest BCUT2D eigenvalue weighted by molar-refractivity contribution is -0.154. The second-order valence-electron chi connectivity index (χ2n) is 5.85. The van der Waals surface area contributed by atoms with Gasteiger partial charge in [0.15, 0.2) is 0 Å². The topological polar surface area (TPSA) is 91.8 Å². The van der Waals surface area contributed by atoms with Crippen LogP contribution < -0.4 is 0 Å². The van der Waals surface area contributed by atoms with E-state index < -0.39 is 17.2 Å². The maximum atomic E-state index is 12.3. The van der Waals surface area contributed by atoms with Crippen molar-refractivity contribution in [1.29, 1.82) is 0 Å². The zero-order valence-corrected chi connectivity index (χ0v) is 13.4. The highest BCUT2D eigenvalue weighted by Crippen LogP contribution is 2.31. The van der Waals surface area contributed by atoms with E-state index in [0.29, 0.717) is 11.1 Å². The number of hydrogen-bond donors (Lipinski definition) is 1. The van der Waals surface area contributed by atoms with Gasteiger partial charge in [-0.2, -0.15) is 0 Å². The summed E-state index contributed by atoms with van der Waals surface area (Å²) in [5.74, 6) is -2.44. The summed E-state index contributed by atoms with van der Waals surface area (Å²) in [6.45, 7) is 4.82. The van der Waals surface area contributed by atoms with Crippen LogP contribution in [0.4, 0.5) is 0 Å². The lowest BCUT2D eigenvalue weighted by Gasteiger charge is -2.26.